The highest BCUT2D eigenvalue weighted by molar-refractivity contribution is 5.78. The molecule has 0 spiro atoms. The Balaban J connectivity index is 2.30. The Bertz CT molecular complexity index is 579. The summed E-state index contributed by atoms with van der Waals surface area (Å²) in [4.78, 5) is 16.0. The standard InChI is InChI=1S/C16H23N5O/c1-4-14(20-15(22)9-17-3)16(21-11-18-10-19-21)13-7-5-12(2)6-8-13/h5-8,10-11,14,16-17H,4,9H2,1-3H3,(H,20,22). The molecule has 1 heterocycles. The van der Waals surface area contributed by atoms with Crippen LogP contribution < -0.4 is 10.6 Å². The summed E-state index contributed by atoms with van der Waals surface area (Å²) in [5.74, 6) is -0.0217. The fourth-order valence-electron chi connectivity index (χ4n) is 2.52. The molecule has 1 aromatic heterocycles. The molecule has 2 aromatic rings. The number of aromatic nitrogens is 3. The molecule has 1 aromatic carbocycles. The van der Waals surface area contributed by atoms with Gasteiger partial charge in [0.2, 0.25) is 5.91 Å². The lowest BCUT2D eigenvalue weighted by Gasteiger charge is -2.27. The minimum absolute atomic E-state index is 0.0217. The molecule has 0 saturated carbocycles. The normalized spacial score (nSPS) is 13.6. The zero-order chi connectivity index (χ0) is 15.9. The summed E-state index contributed by atoms with van der Waals surface area (Å²) in [6, 6.07) is 8.17. The Morgan fingerprint density at radius 2 is 2.05 bits per heavy atom. The Morgan fingerprint density at radius 3 is 2.59 bits per heavy atom. The molecule has 2 N–H and O–H groups in total. The van der Waals surface area contributed by atoms with E-state index in [9.17, 15) is 4.79 Å². The van der Waals surface area contributed by atoms with Gasteiger partial charge in [0.1, 0.15) is 12.7 Å². The third kappa shape index (κ3) is 3.92. The summed E-state index contributed by atoms with van der Waals surface area (Å²) < 4.78 is 1.80. The first kappa shape index (κ1) is 16.2. The van der Waals surface area contributed by atoms with Crippen LogP contribution in [0.4, 0.5) is 0 Å². The van der Waals surface area contributed by atoms with Crippen LogP contribution in [0.1, 0.15) is 30.5 Å². The van der Waals surface area contributed by atoms with Crippen molar-refractivity contribution in [2.75, 3.05) is 13.6 Å². The number of carbonyl (C=O) groups is 1. The average molecular weight is 301 g/mol. The quantitative estimate of drug-likeness (QED) is 0.808. The Kier molecular flexibility index (Phi) is 5.66. The molecule has 6 heteroatoms. The van der Waals surface area contributed by atoms with E-state index in [0.717, 1.165) is 12.0 Å². The molecule has 6 nitrogen and oxygen atoms in total. The van der Waals surface area contributed by atoms with Crippen LogP contribution in [0.15, 0.2) is 36.9 Å². The van der Waals surface area contributed by atoms with Gasteiger partial charge in [-0.2, -0.15) is 5.10 Å². The summed E-state index contributed by atoms with van der Waals surface area (Å²) in [6.07, 6.45) is 4.01. The predicted molar refractivity (Wildman–Crippen MR) is 85.5 cm³/mol. The van der Waals surface area contributed by atoms with Crippen molar-refractivity contribution in [2.24, 2.45) is 0 Å². The second-order valence-corrected chi connectivity index (χ2v) is 5.34. The number of nitrogens with one attached hydrogen (secondary N) is 2. The van der Waals surface area contributed by atoms with Gasteiger partial charge in [0, 0.05) is 0 Å². The maximum absolute atomic E-state index is 12.0. The molecule has 1 amide bonds. The van der Waals surface area contributed by atoms with Crippen LogP contribution in [0.25, 0.3) is 0 Å². The van der Waals surface area contributed by atoms with Gasteiger partial charge < -0.3 is 10.6 Å². The average Bonchev–Trinajstić information content (AvgIpc) is 3.02. The number of amides is 1. The lowest BCUT2D eigenvalue weighted by molar-refractivity contribution is -0.121. The minimum Gasteiger partial charge on any atom is -0.350 e. The van der Waals surface area contributed by atoms with Crippen LogP contribution in [0.2, 0.25) is 0 Å². The minimum atomic E-state index is -0.0751. The molecule has 118 valence electrons. The lowest BCUT2D eigenvalue weighted by Crippen LogP contribution is -2.44. The van der Waals surface area contributed by atoms with Crippen molar-refractivity contribution < 1.29 is 4.79 Å². The van der Waals surface area contributed by atoms with Gasteiger partial charge in [0.25, 0.3) is 0 Å². The molecule has 0 aliphatic rings. The van der Waals surface area contributed by atoms with Gasteiger partial charge in [-0.3, -0.25) is 4.79 Å². The van der Waals surface area contributed by atoms with Crippen LogP contribution in [0.3, 0.4) is 0 Å². The van der Waals surface area contributed by atoms with Gasteiger partial charge in [-0.1, -0.05) is 36.8 Å². The highest BCUT2D eigenvalue weighted by atomic mass is 16.2. The molecule has 0 saturated heterocycles. The number of benzene rings is 1. The molecule has 0 fully saturated rings. The molecular formula is C16H23N5O. The smallest absolute Gasteiger partial charge is 0.234 e. The van der Waals surface area contributed by atoms with Crippen LogP contribution in [-0.4, -0.2) is 40.3 Å². The molecule has 0 radical (unpaired) electrons. The van der Waals surface area contributed by atoms with E-state index in [1.807, 2.05) is 0 Å². The first-order valence-electron chi connectivity index (χ1n) is 7.50. The van der Waals surface area contributed by atoms with Crippen molar-refractivity contribution in [1.82, 2.24) is 25.4 Å². The molecule has 2 atom stereocenters. The van der Waals surface area contributed by atoms with Crippen LogP contribution in [-0.2, 0) is 4.79 Å². The number of hydrogen-bond acceptors (Lipinski definition) is 4. The highest BCUT2D eigenvalue weighted by Crippen LogP contribution is 2.23. The van der Waals surface area contributed by atoms with E-state index < -0.39 is 0 Å². The van der Waals surface area contributed by atoms with Gasteiger partial charge >= 0.3 is 0 Å². The Hall–Kier alpha value is -2.21. The topological polar surface area (TPSA) is 71.8 Å². The maximum atomic E-state index is 12.0. The number of aryl methyl sites for hydroxylation is 1. The summed E-state index contributed by atoms with van der Waals surface area (Å²) in [6.45, 7) is 4.41. The SMILES string of the molecule is CCC(NC(=O)CNC)C(c1ccc(C)cc1)n1cncn1. The first-order chi connectivity index (χ1) is 10.7. The molecular weight excluding hydrogens is 278 g/mol. The van der Waals surface area contributed by atoms with Crippen LogP contribution >= 0.6 is 0 Å². The number of hydrogen-bond donors (Lipinski definition) is 2. The highest BCUT2D eigenvalue weighted by Gasteiger charge is 2.25. The Labute approximate surface area is 130 Å². The van der Waals surface area contributed by atoms with E-state index in [0.29, 0.717) is 6.54 Å². The van der Waals surface area contributed by atoms with E-state index in [2.05, 4.69) is 58.8 Å². The van der Waals surface area contributed by atoms with E-state index in [1.54, 1.807) is 18.1 Å². The van der Waals surface area contributed by atoms with Crippen molar-refractivity contribution >= 4 is 5.91 Å². The molecule has 22 heavy (non-hydrogen) atoms. The molecule has 2 unspecified atom stereocenters. The molecule has 0 aliphatic heterocycles. The number of rotatable bonds is 7. The maximum Gasteiger partial charge on any atom is 0.234 e. The predicted octanol–water partition coefficient (Wildman–Crippen LogP) is 1.29. The van der Waals surface area contributed by atoms with E-state index in [4.69, 9.17) is 0 Å². The summed E-state index contributed by atoms with van der Waals surface area (Å²) in [5.41, 5.74) is 2.31. The molecule has 0 aliphatic carbocycles. The fourth-order valence-corrected chi connectivity index (χ4v) is 2.52. The number of carbonyl (C=O) groups excluding carboxylic acids is 1. The summed E-state index contributed by atoms with van der Waals surface area (Å²) in [7, 11) is 1.76. The first-order valence-corrected chi connectivity index (χ1v) is 7.50. The van der Waals surface area contributed by atoms with Gasteiger partial charge in [0.05, 0.1) is 18.6 Å². The van der Waals surface area contributed by atoms with E-state index >= 15 is 0 Å². The van der Waals surface area contributed by atoms with E-state index in [-0.39, 0.29) is 18.0 Å². The van der Waals surface area contributed by atoms with Crippen LogP contribution in [0.5, 0.6) is 0 Å². The van der Waals surface area contributed by atoms with Gasteiger partial charge in [0.15, 0.2) is 0 Å². The van der Waals surface area contributed by atoms with Crippen LogP contribution in [0, 0.1) is 6.92 Å². The van der Waals surface area contributed by atoms with Gasteiger partial charge in [-0.15, -0.1) is 0 Å². The van der Waals surface area contributed by atoms with Gasteiger partial charge in [-0.25, -0.2) is 9.67 Å². The zero-order valence-electron chi connectivity index (χ0n) is 13.3. The summed E-state index contributed by atoms with van der Waals surface area (Å²) in [5, 5.41) is 10.2. The Morgan fingerprint density at radius 1 is 1.32 bits per heavy atom. The molecule has 2 rings (SSSR count). The van der Waals surface area contributed by atoms with Crippen molar-refractivity contribution in [3.8, 4) is 0 Å². The fraction of sp³-hybridized carbons (Fsp3) is 0.438. The largest absolute Gasteiger partial charge is 0.350 e. The summed E-state index contributed by atoms with van der Waals surface area (Å²) >= 11 is 0. The lowest BCUT2D eigenvalue weighted by atomic mass is 9.96. The van der Waals surface area contributed by atoms with Gasteiger partial charge in [-0.05, 0) is 26.0 Å². The third-order valence-electron chi connectivity index (χ3n) is 3.65. The monoisotopic (exact) mass is 301 g/mol. The zero-order valence-corrected chi connectivity index (χ0v) is 13.3. The third-order valence-corrected chi connectivity index (χ3v) is 3.65. The van der Waals surface area contributed by atoms with Crippen molar-refractivity contribution in [2.45, 2.75) is 32.4 Å². The van der Waals surface area contributed by atoms with Crippen molar-refractivity contribution in [1.29, 1.82) is 0 Å². The second-order valence-electron chi connectivity index (χ2n) is 5.34. The number of likely N-dealkylation sites (N-methyl/N-ethyl adjacent to an activating group) is 1. The number of nitrogens with zero attached hydrogens (tertiary/aromatic N) is 3. The van der Waals surface area contributed by atoms with E-state index in [1.165, 1.54) is 11.9 Å². The van der Waals surface area contributed by atoms with Crippen molar-refractivity contribution in [3.05, 3.63) is 48.0 Å². The molecule has 0 bridgehead atoms. The van der Waals surface area contributed by atoms with Crippen molar-refractivity contribution in [3.63, 3.8) is 0 Å². The second kappa shape index (κ2) is 7.70.